The number of hydrogen-bond donors (Lipinski definition) is 1. The molecule has 11 heavy (non-hydrogen) atoms. The van der Waals surface area contributed by atoms with Crippen LogP contribution in [0.3, 0.4) is 0 Å². The van der Waals surface area contributed by atoms with E-state index in [0.717, 1.165) is 13.0 Å². The van der Waals surface area contributed by atoms with Gasteiger partial charge in [0.25, 0.3) is 0 Å². The van der Waals surface area contributed by atoms with Gasteiger partial charge in [-0.2, -0.15) is 0 Å². The van der Waals surface area contributed by atoms with Crippen LogP contribution in [-0.4, -0.2) is 35.6 Å². The summed E-state index contributed by atoms with van der Waals surface area (Å²) >= 11 is 0. The number of hydrogen-bond acceptors (Lipinski definition) is 2. The summed E-state index contributed by atoms with van der Waals surface area (Å²) < 4.78 is 0. The van der Waals surface area contributed by atoms with Crippen molar-refractivity contribution in [3.05, 3.63) is 0 Å². The van der Waals surface area contributed by atoms with E-state index >= 15 is 0 Å². The first kappa shape index (κ1) is 8.53. The van der Waals surface area contributed by atoms with Crippen molar-refractivity contribution < 1.29 is 9.90 Å². The fourth-order valence-electron chi connectivity index (χ4n) is 1.67. The van der Waals surface area contributed by atoms with E-state index in [2.05, 4.69) is 11.8 Å². The minimum absolute atomic E-state index is 0.325. The van der Waals surface area contributed by atoms with Crippen molar-refractivity contribution in [2.75, 3.05) is 13.6 Å². The Morgan fingerprint density at radius 1 is 1.73 bits per heavy atom. The van der Waals surface area contributed by atoms with Crippen LogP contribution in [0.4, 0.5) is 0 Å². The summed E-state index contributed by atoms with van der Waals surface area (Å²) in [4.78, 5) is 12.6. The normalized spacial score (nSPS) is 32.5. The Morgan fingerprint density at radius 3 is 2.73 bits per heavy atom. The molecule has 0 spiro atoms. The first-order chi connectivity index (χ1) is 5.11. The molecule has 0 amide bonds. The lowest BCUT2D eigenvalue weighted by Crippen LogP contribution is -2.26. The molecule has 1 aliphatic heterocycles. The number of carboxylic acid groups (broad SMARTS) is 1. The summed E-state index contributed by atoms with van der Waals surface area (Å²) in [5.74, 6) is -0.311. The molecule has 0 aromatic carbocycles. The van der Waals surface area contributed by atoms with Gasteiger partial charge in [-0.05, 0) is 32.9 Å². The van der Waals surface area contributed by atoms with Gasteiger partial charge in [-0.25, -0.2) is 0 Å². The van der Waals surface area contributed by atoms with Crippen molar-refractivity contribution in [2.45, 2.75) is 25.8 Å². The third kappa shape index (κ3) is 1.93. The van der Waals surface area contributed by atoms with Crippen LogP contribution in [0.1, 0.15) is 19.8 Å². The van der Waals surface area contributed by atoms with Crippen LogP contribution in [0.25, 0.3) is 0 Å². The van der Waals surface area contributed by atoms with Crippen LogP contribution in [0.15, 0.2) is 0 Å². The van der Waals surface area contributed by atoms with Crippen molar-refractivity contribution in [2.24, 2.45) is 5.92 Å². The molecule has 0 aromatic heterocycles. The summed E-state index contributed by atoms with van der Waals surface area (Å²) in [6.07, 6.45) is 1.36. The van der Waals surface area contributed by atoms with E-state index in [4.69, 9.17) is 5.11 Å². The van der Waals surface area contributed by atoms with Crippen LogP contribution in [0.5, 0.6) is 0 Å². The van der Waals surface area contributed by atoms with E-state index in [1.807, 2.05) is 7.05 Å². The van der Waals surface area contributed by atoms with Gasteiger partial charge in [0.1, 0.15) is 0 Å². The highest BCUT2D eigenvalue weighted by atomic mass is 16.4. The zero-order valence-electron chi connectivity index (χ0n) is 7.08. The zero-order valence-corrected chi connectivity index (χ0v) is 7.08. The molecule has 2 unspecified atom stereocenters. The Bertz CT molecular complexity index is 158. The quantitative estimate of drug-likeness (QED) is 0.644. The number of nitrogens with zero attached hydrogens (tertiary/aromatic N) is 1. The zero-order chi connectivity index (χ0) is 8.43. The maximum Gasteiger partial charge on any atom is 0.303 e. The van der Waals surface area contributed by atoms with Crippen molar-refractivity contribution in [3.8, 4) is 0 Å². The van der Waals surface area contributed by atoms with Gasteiger partial charge < -0.3 is 10.0 Å². The largest absolute Gasteiger partial charge is 0.481 e. The average molecular weight is 157 g/mol. The highest BCUT2D eigenvalue weighted by molar-refractivity contribution is 5.67. The smallest absolute Gasteiger partial charge is 0.303 e. The molecule has 0 bridgehead atoms. The van der Waals surface area contributed by atoms with Crippen molar-refractivity contribution in [3.63, 3.8) is 0 Å². The molecule has 1 fully saturated rings. The van der Waals surface area contributed by atoms with Crippen LogP contribution in [-0.2, 0) is 4.79 Å². The highest BCUT2D eigenvalue weighted by Gasteiger charge is 2.29. The minimum Gasteiger partial charge on any atom is -0.481 e. The predicted octanol–water partition coefficient (Wildman–Crippen LogP) is 0.801. The maximum atomic E-state index is 10.4. The Hall–Kier alpha value is -0.570. The molecule has 0 aliphatic carbocycles. The SMILES string of the molecule is CC1C(CC(=O)O)CCN1C. The van der Waals surface area contributed by atoms with Gasteiger partial charge >= 0.3 is 5.97 Å². The summed E-state index contributed by atoms with van der Waals surface area (Å²) in [6, 6.07) is 0.436. The minimum atomic E-state index is -0.669. The van der Waals surface area contributed by atoms with Gasteiger partial charge in [0, 0.05) is 12.5 Å². The molecule has 0 radical (unpaired) electrons. The maximum absolute atomic E-state index is 10.4. The van der Waals surface area contributed by atoms with Gasteiger partial charge in [-0.3, -0.25) is 4.79 Å². The van der Waals surface area contributed by atoms with Crippen molar-refractivity contribution >= 4 is 5.97 Å². The molecule has 1 N–H and O–H groups in total. The standard InChI is InChI=1S/C8H15NO2/c1-6-7(5-8(10)11)3-4-9(6)2/h6-7H,3-5H2,1-2H3,(H,10,11). The molecule has 3 nitrogen and oxygen atoms in total. The molecule has 2 atom stereocenters. The monoisotopic (exact) mass is 157 g/mol. The van der Waals surface area contributed by atoms with Gasteiger partial charge in [0.15, 0.2) is 0 Å². The molecule has 0 aromatic rings. The molecule has 1 aliphatic rings. The summed E-state index contributed by atoms with van der Waals surface area (Å²) in [7, 11) is 2.05. The highest BCUT2D eigenvalue weighted by Crippen LogP contribution is 2.24. The Morgan fingerprint density at radius 2 is 2.36 bits per heavy atom. The van der Waals surface area contributed by atoms with Crippen LogP contribution >= 0.6 is 0 Å². The van der Waals surface area contributed by atoms with Crippen molar-refractivity contribution in [1.29, 1.82) is 0 Å². The molecular weight excluding hydrogens is 142 g/mol. The first-order valence-corrected chi connectivity index (χ1v) is 4.03. The van der Waals surface area contributed by atoms with Crippen molar-refractivity contribution in [1.82, 2.24) is 4.90 Å². The second kappa shape index (κ2) is 3.22. The lowest BCUT2D eigenvalue weighted by Gasteiger charge is -2.18. The molecular formula is C8H15NO2. The van der Waals surface area contributed by atoms with E-state index < -0.39 is 5.97 Å². The molecule has 1 rings (SSSR count). The second-order valence-corrected chi connectivity index (χ2v) is 3.37. The third-order valence-corrected chi connectivity index (χ3v) is 2.67. The molecule has 1 heterocycles. The number of aliphatic carboxylic acids is 1. The molecule has 1 saturated heterocycles. The summed E-state index contributed by atoms with van der Waals surface area (Å²) in [5.41, 5.74) is 0. The summed E-state index contributed by atoms with van der Waals surface area (Å²) in [6.45, 7) is 3.14. The van der Waals surface area contributed by atoms with E-state index in [1.165, 1.54) is 0 Å². The van der Waals surface area contributed by atoms with Gasteiger partial charge in [0.05, 0.1) is 0 Å². The van der Waals surface area contributed by atoms with E-state index in [0.29, 0.717) is 18.4 Å². The molecule has 3 heteroatoms. The predicted molar refractivity (Wildman–Crippen MR) is 42.5 cm³/mol. The molecule has 0 saturated carbocycles. The van der Waals surface area contributed by atoms with E-state index in [-0.39, 0.29) is 0 Å². The number of carbonyl (C=O) groups is 1. The number of carboxylic acids is 1. The number of rotatable bonds is 2. The Balaban J connectivity index is 2.42. The number of likely N-dealkylation sites (tertiary alicyclic amines) is 1. The van der Waals surface area contributed by atoms with Gasteiger partial charge in [0.2, 0.25) is 0 Å². The fraction of sp³-hybridized carbons (Fsp3) is 0.875. The second-order valence-electron chi connectivity index (χ2n) is 3.37. The Kier molecular flexibility index (Phi) is 2.49. The van der Waals surface area contributed by atoms with Crippen LogP contribution < -0.4 is 0 Å². The van der Waals surface area contributed by atoms with E-state index in [9.17, 15) is 4.79 Å². The van der Waals surface area contributed by atoms with Gasteiger partial charge in [-0.15, -0.1) is 0 Å². The third-order valence-electron chi connectivity index (χ3n) is 2.67. The average Bonchev–Trinajstić information content (AvgIpc) is 2.18. The van der Waals surface area contributed by atoms with E-state index in [1.54, 1.807) is 0 Å². The first-order valence-electron chi connectivity index (χ1n) is 4.03. The molecule has 64 valence electrons. The lowest BCUT2D eigenvalue weighted by molar-refractivity contribution is -0.138. The van der Waals surface area contributed by atoms with Crippen LogP contribution in [0, 0.1) is 5.92 Å². The van der Waals surface area contributed by atoms with Gasteiger partial charge in [-0.1, -0.05) is 0 Å². The topological polar surface area (TPSA) is 40.5 Å². The summed E-state index contributed by atoms with van der Waals surface area (Å²) in [5, 5.41) is 8.56. The Labute approximate surface area is 67.0 Å². The fourth-order valence-corrected chi connectivity index (χ4v) is 1.67. The lowest BCUT2D eigenvalue weighted by atomic mass is 9.98. The van der Waals surface area contributed by atoms with Crippen LogP contribution in [0.2, 0.25) is 0 Å².